The van der Waals surface area contributed by atoms with Crippen LogP contribution in [0.15, 0.2) is 17.4 Å². The maximum Gasteiger partial charge on any atom is 0.407 e. The number of ether oxygens (including phenoxy) is 1. The van der Waals surface area contributed by atoms with Gasteiger partial charge < -0.3 is 20.3 Å². The SMILES string of the molecule is CCNC(=NCC(NC(=O)OC(C)(C)C)C(C)C)N1CCC(c2cnn(C)c2)C1.I. The summed E-state index contributed by atoms with van der Waals surface area (Å²) in [6.45, 7) is 15.0. The Hall–Kier alpha value is -1.52. The zero-order valence-electron chi connectivity index (χ0n) is 19.4. The third-order valence-corrected chi connectivity index (χ3v) is 4.96. The molecule has 2 heterocycles. The van der Waals surface area contributed by atoms with E-state index in [4.69, 9.17) is 9.73 Å². The van der Waals surface area contributed by atoms with E-state index in [1.165, 1.54) is 5.56 Å². The van der Waals surface area contributed by atoms with Crippen molar-refractivity contribution in [2.24, 2.45) is 18.0 Å². The van der Waals surface area contributed by atoms with Gasteiger partial charge in [0, 0.05) is 38.8 Å². The summed E-state index contributed by atoms with van der Waals surface area (Å²) in [5.74, 6) is 1.61. The quantitative estimate of drug-likeness (QED) is 0.333. The Labute approximate surface area is 198 Å². The predicted molar refractivity (Wildman–Crippen MR) is 132 cm³/mol. The molecule has 0 radical (unpaired) electrons. The molecule has 1 aliphatic rings. The van der Waals surface area contributed by atoms with Crippen molar-refractivity contribution in [1.82, 2.24) is 25.3 Å². The van der Waals surface area contributed by atoms with Gasteiger partial charge in [0.15, 0.2) is 5.96 Å². The third kappa shape index (κ3) is 8.31. The summed E-state index contributed by atoms with van der Waals surface area (Å²) >= 11 is 0. The van der Waals surface area contributed by atoms with Crippen LogP contribution in [0.4, 0.5) is 4.79 Å². The van der Waals surface area contributed by atoms with Crippen LogP contribution in [0.3, 0.4) is 0 Å². The van der Waals surface area contributed by atoms with Crippen LogP contribution in [0.25, 0.3) is 0 Å². The van der Waals surface area contributed by atoms with Crippen LogP contribution in [0.1, 0.15) is 59.4 Å². The van der Waals surface area contributed by atoms with Crippen LogP contribution >= 0.6 is 24.0 Å². The standard InChI is InChI=1S/C21H38N6O2.HI/c1-8-22-19(27-10-9-16(14-27)17-11-24-26(7)13-17)23-12-18(15(2)3)25-20(28)29-21(4,5)6;/h11,13,15-16,18H,8-10,12,14H2,1-7H3,(H,22,23)(H,25,28);1H. The summed E-state index contributed by atoms with van der Waals surface area (Å²) in [7, 11) is 1.95. The lowest BCUT2D eigenvalue weighted by atomic mass is 10.0. The minimum Gasteiger partial charge on any atom is -0.444 e. The fraction of sp³-hybridized carbons (Fsp3) is 0.762. The average molecular weight is 534 g/mol. The first kappa shape index (κ1) is 26.5. The Morgan fingerprint density at radius 1 is 1.40 bits per heavy atom. The molecule has 172 valence electrons. The fourth-order valence-electron chi connectivity index (χ4n) is 3.37. The van der Waals surface area contributed by atoms with Crippen molar-refractivity contribution in [1.29, 1.82) is 0 Å². The van der Waals surface area contributed by atoms with Crippen molar-refractivity contribution < 1.29 is 9.53 Å². The molecule has 1 aliphatic heterocycles. The summed E-state index contributed by atoms with van der Waals surface area (Å²) in [6, 6.07) is -0.0878. The Bertz CT molecular complexity index is 698. The Kier molecular flexibility index (Phi) is 10.4. The molecule has 9 heteroatoms. The number of aromatic nitrogens is 2. The molecular formula is C21H39IN6O2. The molecule has 0 aromatic carbocycles. The van der Waals surface area contributed by atoms with E-state index in [1.807, 2.05) is 38.7 Å². The molecule has 1 aromatic rings. The second-order valence-corrected chi connectivity index (χ2v) is 9.07. The number of hydrogen-bond acceptors (Lipinski definition) is 4. The van der Waals surface area contributed by atoms with Crippen molar-refractivity contribution in [2.75, 3.05) is 26.2 Å². The van der Waals surface area contributed by atoms with E-state index in [1.54, 1.807) is 0 Å². The lowest BCUT2D eigenvalue weighted by molar-refractivity contribution is 0.0493. The van der Waals surface area contributed by atoms with E-state index in [0.717, 1.165) is 32.0 Å². The van der Waals surface area contributed by atoms with Gasteiger partial charge >= 0.3 is 6.09 Å². The molecule has 0 spiro atoms. The van der Waals surface area contributed by atoms with Crippen molar-refractivity contribution in [2.45, 2.75) is 65.5 Å². The number of halogens is 1. The van der Waals surface area contributed by atoms with Crippen LogP contribution in [0, 0.1) is 5.92 Å². The molecule has 30 heavy (non-hydrogen) atoms. The molecule has 0 bridgehead atoms. The number of rotatable bonds is 6. The number of aryl methyl sites for hydroxylation is 1. The zero-order chi connectivity index (χ0) is 21.6. The molecule has 2 unspecified atom stereocenters. The highest BCUT2D eigenvalue weighted by atomic mass is 127. The monoisotopic (exact) mass is 534 g/mol. The average Bonchev–Trinajstić information content (AvgIpc) is 3.24. The zero-order valence-corrected chi connectivity index (χ0v) is 21.8. The molecule has 1 amide bonds. The number of carbonyl (C=O) groups excluding carboxylic acids is 1. The summed E-state index contributed by atoms with van der Waals surface area (Å²) in [6.07, 6.45) is 4.74. The van der Waals surface area contributed by atoms with Gasteiger partial charge in [-0.1, -0.05) is 13.8 Å². The van der Waals surface area contributed by atoms with Gasteiger partial charge in [-0.15, -0.1) is 24.0 Å². The number of guanidine groups is 1. The number of hydrogen-bond donors (Lipinski definition) is 2. The Balaban J connectivity index is 0.00000450. The summed E-state index contributed by atoms with van der Waals surface area (Å²) in [5.41, 5.74) is 0.762. The van der Waals surface area contributed by atoms with Crippen LogP contribution in [-0.4, -0.2) is 64.6 Å². The van der Waals surface area contributed by atoms with E-state index in [9.17, 15) is 4.79 Å². The first-order valence-corrected chi connectivity index (χ1v) is 10.6. The van der Waals surface area contributed by atoms with Crippen LogP contribution in [0.2, 0.25) is 0 Å². The molecule has 8 nitrogen and oxygen atoms in total. The van der Waals surface area contributed by atoms with E-state index >= 15 is 0 Å². The second-order valence-electron chi connectivity index (χ2n) is 9.07. The van der Waals surface area contributed by atoms with E-state index < -0.39 is 11.7 Å². The van der Waals surface area contributed by atoms with Crippen molar-refractivity contribution in [3.05, 3.63) is 18.0 Å². The van der Waals surface area contributed by atoms with Crippen LogP contribution in [-0.2, 0) is 11.8 Å². The molecule has 1 saturated heterocycles. The molecule has 0 aliphatic carbocycles. The van der Waals surface area contributed by atoms with E-state index in [2.05, 4.69) is 47.6 Å². The topological polar surface area (TPSA) is 83.8 Å². The molecule has 1 aromatic heterocycles. The van der Waals surface area contributed by atoms with Gasteiger partial charge in [-0.05, 0) is 45.6 Å². The van der Waals surface area contributed by atoms with Gasteiger partial charge in [-0.3, -0.25) is 9.67 Å². The maximum absolute atomic E-state index is 12.2. The highest BCUT2D eigenvalue weighted by Gasteiger charge is 2.27. The van der Waals surface area contributed by atoms with Crippen LogP contribution in [0.5, 0.6) is 0 Å². The number of nitrogens with one attached hydrogen (secondary N) is 2. The molecule has 2 rings (SSSR count). The van der Waals surface area contributed by atoms with Gasteiger partial charge in [0.2, 0.25) is 0 Å². The number of aliphatic imine (C=N–C) groups is 1. The van der Waals surface area contributed by atoms with Crippen molar-refractivity contribution >= 4 is 36.0 Å². The molecular weight excluding hydrogens is 495 g/mol. The first-order valence-electron chi connectivity index (χ1n) is 10.6. The highest BCUT2D eigenvalue weighted by Crippen LogP contribution is 2.26. The number of likely N-dealkylation sites (tertiary alicyclic amines) is 1. The summed E-state index contributed by atoms with van der Waals surface area (Å²) < 4.78 is 7.26. The van der Waals surface area contributed by atoms with Crippen molar-refractivity contribution in [3.63, 3.8) is 0 Å². The predicted octanol–water partition coefficient (Wildman–Crippen LogP) is 3.34. The molecule has 2 atom stereocenters. The maximum atomic E-state index is 12.2. The summed E-state index contributed by atoms with van der Waals surface area (Å²) in [4.78, 5) is 19.3. The van der Waals surface area contributed by atoms with Crippen LogP contribution < -0.4 is 10.6 Å². The Morgan fingerprint density at radius 3 is 2.63 bits per heavy atom. The minimum absolute atomic E-state index is 0. The Morgan fingerprint density at radius 2 is 2.10 bits per heavy atom. The largest absolute Gasteiger partial charge is 0.444 e. The summed E-state index contributed by atoms with van der Waals surface area (Å²) in [5, 5.41) is 10.7. The van der Waals surface area contributed by atoms with Gasteiger partial charge in [0.05, 0.1) is 18.8 Å². The molecule has 2 N–H and O–H groups in total. The number of amides is 1. The lowest BCUT2D eigenvalue weighted by Gasteiger charge is -2.26. The van der Waals surface area contributed by atoms with Gasteiger partial charge in [0.25, 0.3) is 0 Å². The first-order chi connectivity index (χ1) is 13.6. The fourth-order valence-corrected chi connectivity index (χ4v) is 3.37. The smallest absolute Gasteiger partial charge is 0.407 e. The lowest BCUT2D eigenvalue weighted by Crippen LogP contribution is -2.45. The van der Waals surface area contributed by atoms with Gasteiger partial charge in [-0.2, -0.15) is 5.10 Å². The number of alkyl carbamates (subject to hydrolysis) is 1. The van der Waals surface area contributed by atoms with Gasteiger partial charge in [-0.25, -0.2) is 4.79 Å². The number of nitrogens with zero attached hydrogens (tertiary/aromatic N) is 4. The molecule has 1 fully saturated rings. The van der Waals surface area contributed by atoms with Crippen molar-refractivity contribution in [3.8, 4) is 0 Å². The normalized spacial score (nSPS) is 18.2. The number of carbonyl (C=O) groups is 1. The van der Waals surface area contributed by atoms with E-state index in [-0.39, 0.29) is 35.9 Å². The molecule has 0 saturated carbocycles. The third-order valence-electron chi connectivity index (χ3n) is 4.96. The highest BCUT2D eigenvalue weighted by molar-refractivity contribution is 14.0. The minimum atomic E-state index is -0.513. The second kappa shape index (κ2) is 11.8. The van der Waals surface area contributed by atoms with Gasteiger partial charge in [0.1, 0.15) is 5.60 Å². The van der Waals surface area contributed by atoms with E-state index in [0.29, 0.717) is 12.5 Å².